The van der Waals surface area contributed by atoms with Crippen molar-refractivity contribution in [2.75, 3.05) is 0 Å². The molecule has 20 heavy (non-hydrogen) atoms. The van der Waals surface area contributed by atoms with Crippen LogP contribution in [0, 0.1) is 0 Å². The zero-order valence-electron chi connectivity index (χ0n) is 10.6. The maximum Gasteiger partial charge on any atom is 0.168 e. The summed E-state index contributed by atoms with van der Waals surface area (Å²) in [6.07, 6.45) is 3.48. The molecule has 0 saturated heterocycles. The molecule has 0 bridgehead atoms. The third kappa shape index (κ3) is 2.78. The van der Waals surface area contributed by atoms with Crippen molar-refractivity contribution >= 4 is 17.1 Å². The first kappa shape index (κ1) is 12.6. The minimum absolute atomic E-state index is 0.0742. The largest absolute Gasteiger partial charge is 0.294 e. The van der Waals surface area contributed by atoms with Crippen LogP contribution in [0.4, 0.5) is 0 Å². The molecule has 0 unspecified atom stereocenters. The first-order valence-electron chi connectivity index (χ1n) is 6.12. The molecule has 98 valence electrons. The van der Waals surface area contributed by atoms with Gasteiger partial charge in [-0.2, -0.15) is 0 Å². The van der Waals surface area contributed by atoms with Crippen LogP contribution in [0.1, 0.15) is 16.1 Å². The summed E-state index contributed by atoms with van der Waals surface area (Å²) in [7, 11) is 0. The molecule has 0 aliphatic carbocycles. The molecule has 0 saturated carbocycles. The number of Topliss-reactive ketones (excluding diaryl/α,β-unsaturated/α-hetero) is 1. The second-order valence-corrected chi connectivity index (χ2v) is 5.06. The summed E-state index contributed by atoms with van der Waals surface area (Å²) in [5.41, 5.74) is 2.27. The van der Waals surface area contributed by atoms with Gasteiger partial charge in [-0.3, -0.25) is 4.79 Å². The fraction of sp³-hybridized carbons (Fsp3) is 0.0667. The zero-order chi connectivity index (χ0) is 13.8. The fourth-order valence-corrected chi connectivity index (χ4v) is 2.61. The van der Waals surface area contributed by atoms with Crippen molar-refractivity contribution in [3.8, 4) is 10.7 Å². The van der Waals surface area contributed by atoms with Crippen molar-refractivity contribution in [3.05, 3.63) is 65.6 Å². The number of carbonyl (C=O) groups is 1. The van der Waals surface area contributed by atoms with Crippen LogP contribution in [0.2, 0.25) is 0 Å². The summed E-state index contributed by atoms with van der Waals surface area (Å²) in [5, 5.41) is 2.71. The molecule has 2 heterocycles. The number of nitrogens with zero attached hydrogens (tertiary/aromatic N) is 3. The molecular formula is C15H11N3OS. The number of rotatable bonds is 4. The molecule has 0 spiro atoms. The number of carbonyl (C=O) groups excluding carboxylic acids is 1. The van der Waals surface area contributed by atoms with E-state index in [9.17, 15) is 4.79 Å². The Morgan fingerprint density at radius 3 is 2.75 bits per heavy atom. The lowest BCUT2D eigenvalue weighted by Gasteiger charge is -1.98. The monoisotopic (exact) mass is 281 g/mol. The Labute approximate surface area is 120 Å². The van der Waals surface area contributed by atoms with Gasteiger partial charge in [-0.15, -0.1) is 11.3 Å². The minimum Gasteiger partial charge on any atom is -0.294 e. The molecule has 3 aromatic rings. The summed E-state index contributed by atoms with van der Waals surface area (Å²) in [6, 6.07) is 11.1. The van der Waals surface area contributed by atoms with Gasteiger partial charge >= 0.3 is 0 Å². The van der Waals surface area contributed by atoms with Crippen molar-refractivity contribution in [2.45, 2.75) is 6.42 Å². The van der Waals surface area contributed by atoms with Crippen molar-refractivity contribution < 1.29 is 4.79 Å². The van der Waals surface area contributed by atoms with Crippen molar-refractivity contribution in [1.29, 1.82) is 0 Å². The summed E-state index contributed by atoms with van der Waals surface area (Å²) in [6.45, 7) is 0. The van der Waals surface area contributed by atoms with Gasteiger partial charge in [-0.25, -0.2) is 15.0 Å². The molecule has 4 nitrogen and oxygen atoms in total. The summed E-state index contributed by atoms with van der Waals surface area (Å²) < 4.78 is 0. The van der Waals surface area contributed by atoms with Gasteiger partial charge in [0.1, 0.15) is 17.0 Å². The first-order valence-corrected chi connectivity index (χ1v) is 7.00. The zero-order valence-corrected chi connectivity index (χ0v) is 11.4. The Balaban J connectivity index is 1.77. The van der Waals surface area contributed by atoms with Crippen LogP contribution < -0.4 is 0 Å². The van der Waals surface area contributed by atoms with Gasteiger partial charge in [0.25, 0.3) is 0 Å². The van der Waals surface area contributed by atoms with Crippen molar-refractivity contribution in [3.63, 3.8) is 0 Å². The normalized spacial score (nSPS) is 10.4. The van der Waals surface area contributed by atoms with Gasteiger partial charge in [0.05, 0.1) is 12.1 Å². The maximum absolute atomic E-state index is 12.1. The summed E-state index contributed by atoms with van der Waals surface area (Å²) >= 11 is 1.49. The van der Waals surface area contributed by atoms with E-state index < -0.39 is 0 Å². The molecule has 3 rings (SSSR count). The number of hydrogen-bond donors (Lipinski definition) is 0. The smallest absolute Gasteiger partial charge is 0.168 e. The van der Waals surface area contributed by atoms with E-state index in [0.717, 1.165) is 16.4 Å². The average Bonchev–Trinajstić information content (AvgIpc) is 2.97. The number of benzene rings is 1. The van der Waals surface area contributed by atoms with Crippen LogP contribution >= 0.6 is 11.3 Å². The van der Waals surface area contributed by atoms with Gasteiger partial charge in [0.15, 0.2) is 5.78 Å². The second-order valence-electron chi connectivity index (χ2n) is 4.20. The van der Waals surface area contributed by atoms with Crippen LogP contribution in [0.5, 0.6) is 0 Å². The molecule has 0 N–H and O–H groups in total. The summed E-state index contributed by atoms with van der Waals surface area (Å²) in [4.78, 5) is 24.6. The molecule has 2 aromatic heterocycles. The number of aromatic nitrogens is 3. The van der Waals surface area contributed by atoms with Gasteiger partial charge in [-0.1, -0.05) is 30.3 Å². The standard InChI is InChI=1S/C15H11N3OS/c19-14(11-4-2-1-3-5-11)8-12-9-20-15(18-12)13-6-7-16-10-17-13/h1-7,9-10H,8H2. The van der Waals surface area contributed by atoms with E-state index in [-0.39, 0.29) is 5.78 Å². The highest BCUT2D eigenvalue weighted by Crippen LogP contribution is 2.21. The number of ketones is 1. The molecule has 5 heteroatoms. The molecule has 0 fully saturated rings. The molecular weight excluding hydrogens is 270 g/mol. The topological polar surface area (TPSA) is 55.7 Å². The fourth-order valence-electron chi connectivity index (χ4n) is 1.81. The van der Waals surface area contributed by atoms with E-state index in [0.29, 0.717) is 12.0 Å². The van der Waals surface area contributed by atoms with Gasteiger partial charge in [-0.05, 0) is 6.07 Å². The van der Waals surface area contributed by atoms with Crippen LogP contribution in [-0.4, -0.2) is 20.7 Å². The van der Waals surface area contributed by atoms with E-state index in [4.69, 9.17) is 0 Å². The molecule has 0 atom stereocenters. The Bertz CT molecular complexity index is 710. The Morgan fingerprint density at radius 1 is 1.15 bits per heavy atom. The maximum atomic E-state index is 12.1. The van der Waals surface area contributed by atoms with E-state index in [1.807, 2.05) is 41.8 Å². The lowest BCUT2D eigenvalue weighted by Crippen LogP contribution is -2.03. The summed E-state index contributed by atoms with van der Waals surface area (Å²) in [5.74, 6) is 0.0742. The van der Waals surface area contributed by atoms with Crippen LogP contribution in [0.15, 0.2) is 54.3 Å². The van der Waals surface area contributed by atoms with Crippen molar-refractivity contribution in [1.82, 2.24) is 15.0 Å². The molecule has 0 aliphatic heterocycles. The third-order valence-corrected chi connectivity index (χ3v) is 3.70. The van der Waals surface area contributed by atoms with E-state index >= 15 is 0 Å². The van der Waals surface area contributed by atoms with Crippen molar-refractivity contribution in [2.24, 2.45) is 0 Å². The van der Waals surface area contributed by atoms with Gasteiger partial charge in [0.2, 0.25) is 0 Å². The lowest BCUT2D eigenvalue weighted by atomic mass is 10.1. The second kappa shape index (κ2) is 5.71. The Hall–Kier alpha value is -2.40. The van der Waals surface area contributed by atoms with Crippen LogP contribution in [0.25, 0.3) is 10.7 Å². The van der Waals surface area contributed by atoms with Crippen LogP contribution in [0.3, 0.4) is 0 Å². The first-order chi connectivity index (χ1) is 9.83. The van der Waals surface area contributed by atoms with Crippen LogP contribution in [-0.2, 0) is 6.42 Å². The number of thiazole rings is 1. The molecule has 1 aromatic carbocycles. The van der Waals surface area contributed by atoms with E-state index in [1.165, 1.54) is 17.7 Å². The van der Waals surface area contributed by atoms with E-state index in [1.54, 1.807) is 6.20 Å². The molecule has 0 aliphatic rings. The minimum atomic E-state index is 0.0742. The Morgan fingerprint density at radius 2 is 2.00 bits per heavy atom. The highest BCUT2D eigenvalue weighted by molar-refractivity contribution is 7.13. The predicted molar refractivity (Wildman–Crippen MR) is 77.6 cm³/mol. The number of hydrogen-bond acceptors (Lipinski definition) is 5. The highest BCUT2D eigenvalue weighted by Gasteiger charge is 2.11. The lowest BCUT2D eigenvalue weighted by molar-refractivity contribution is 0.0992. The average molecular weight is 281 g/mol. The SMILES string of the molecule is O=C(Cc1csc(-c2ccncn2)n1)c1ccccc1. The van der Waals surface area contributed by atoms with E-state index in [2.05, 4.69) is 15.0 Å². The Kier molecular flexibility index (Phi) is 3.60. The van der Waals surface area contributed by atoms with Gasteiger partial charge in [0, 0.05) is 17.1 Å². The predicted octanol–water partition coefficient (Wildman–Crippen LogP) is 3.03. The third-order valence-electron chi connectivity index (χ3n) is 2.79. The highest BCUT2D eigenvalue weighted by atomic mass is 32.1. The molecule has 0 radical (unpaired) electrons. The quantitative estimate of drug-likeness (QED) is 0.690. The molecule has 0 amide bonds. The van der Waals surface area contributed by atoms with Gasteiger partial charge < -0.3 is 0 Å².